The predicted octanol–water partition coefficient (Wildman–Crippen LogP) is 1.90. The molecule has 0 bridgehead atoms. The van der Waals surface area contributed by atoms with Crippen LogP contribution in [-0.2, 0) is 10.0 Å². The number of hydrogen-bond acceptors (Lipinski definition) is 3. The molecule has 0 unspecified atom stereocenters. The van der Waals surface area contributed by atoms with Gasteiger partial charge < -0.3 is 5.32 Å². The zero-order valence-corrected chi connectivity index (χ0v) is 11.0. The molecule has 1 aromatic carbocycles. The molecule has 5 heteroatoms. The fraction of sp³-hybridized carbons (Fsp3) is 0.500. The first kappa shape index (κ1) is 12.4. The molecule has 4 nitrogen and oxygen atoms in total. The standard InChI is InChI=1S/C12H18N2O2S/c1-14(2)17(15,16)12-8-6-11(7-9-12)13-10-4-3-5-10/h6-10,13H,3-5H2,1-2H3. The van der Waals surface area contributed by atoms with Crippen LogP contribution in [0.15, 0.2) is 29.2 Å². The monoisotopic (exact) mass is 254 g/mol. The van der Waals surface area contributed by atoms with Gasteiger partial charge in [0.2, 0.25) is 10.0 Å². The van der Waals surface area contributed by atoms with Crippen molar-refractivity contribution in [1.82, 2.24) is 4.31 Å². The number of benzene rings is 1. The zero-order valence-electron chi connectivity index (χ0n) is 10.2. The Morgan fingerprint density at radius 3 is 2.18 bits per heavy atom. The minimum absolute atomic E-state index is 0.335. The number of nitrogens with zero attached hydrogens (tertiary/aromatic N) is 1. The molecule has 1 aliphatic carbocycles. The Labute approximate surface area is 103 Å². The van der Waals surface area contributed by atoms with E-state index >= 15 is 0 Å². The van der Waals surface area contributed by atoms with Crippen molar-refractivity contribution in [3.8, 4) is 0 Å². The van der Waals surface area contributed by atoms with Gasteiger partial charge in [0, 0.05) is 25.8 Å². The highest BCUT2D eigenvalue weighted by atomic mass is 32.2. The summed E-state index contributed by atoms with van der Waals surface area (Å²) in [5, 5.41) is 3.38. The second kappa shape index (κ2) is 4.66. The third kappa shape index (κ3) is 2.61. The van der Waals surface area contributed by atoms with Gasteiger partial charge in [0.15, 0.2) is 0 Å². The molecule has 1 aliphatic rings. The van der Waals surface area contributed by atoms with Crippen molar-refractivity contribution in [3.05, 3.63) is 24.3 Å². The van der Waals surface area contributed by atoms with E-state index in [2.05, 4.69) is 5.32 Å². The van der Waals surface area contributed by atoms with Gasteiger partial charge in [-0.15, -0.1) is 0 Å². The third-order valence-corrected chi connectivity index (χ3v) is 4.94. The van der Waals surface area contributed by atoms with Crippen molar-refractivity contribution in [3.63, 3.8) is 0 Å². The first-order valence-corrected chi connectivity index (χ1v) is 7.23. The van der Waals surface area contributed by atoms with Crippen LogP contribution in [0.1, 0.15) is 19.3 Å². The molecule has 94 valence electrons. The number of sulfonamides is 1. The van der Waals surface area contributed by atoms with Crippen molar-refractivity contribution in [2.75, 3.05) is 19.4 Å². The Kier molecular flexibility index (Phi) is 3.40. The van der Waals surface area contributed by atoms with Gasteiger partial charge in [-0.1, -0.05) is 0 Å². The third-order valence-electron chi connectivity index (χ3n) is 3.11. The summed E-state index contributed by atoms with van der Waals surface area (Å²) < 4.78 is 24.9. The summed E-state index contributed by atoms with van der Waals surface area (Å²) >= 11 is 0. The lowest BCUT2D eigenvalue weighted by Crippen LogP contribution is -2.27. The van der Waals surface area contributed by atoms with Crippen LogP contribution in [0.5, 0.6) is 0 Å². The maximum Gasteiger partial charge on any atom is 0.242 e. The van der Waals surface area contributed by atoms with E-state index in [0.29, 0.717) is 10.9 Å². The van der Waals surface area contributed by atoms with Crippen molar-refractivity contribution in [2.45, 2.75) is 30.2 Å². The van der Waals surface area contributed by atoms with Crippen LogP contribution in [-0.4, -0.2) is 32.9 Å². The highest BCUT2D eigenvalue weighted by Crippen LogP contribution is 2.24. The maximum atomic E-state index is 11.8. The number of hydrogen-bond donors (Lipinski definition) is 1. The summed E-state index contributed by atoms with van der Waals surface area (Å²) in [6.07, 6.45) is 3.69. The number of anilines is 1. The molecule has 0 amide bonds. The van der Waals surface area contributed by atoms with E-state index in [-0.39, 0.29) is 0 Å². The van der Waals surface area contributed by atoms with E-state index in [1.54, 1.807) is 12.1 Å². The Balaban J connectivity index is 2.12. The van der Waals surface area contributed by atoms with Gasteiger partial charge in [-0.25, -0.2) is 12.7 Å². The van der Waals surface area contributed by atoms with E-state index < -0.39 is 10.0 Å². The Bertz CT molecular complexity index is 476. The second-order valence-corrected chi connectivity index (χ2v) is 6.74. The first-order chi connectivity index (χ1) is 8.00. The first-order valence-electron chi connectivity index (χ1n) is 5.79. The molecule has 0 aromatic heterocycles. The van der Waals surface area contributed by atoms with Gasteiger partial charge in [0.25, 0.3) is 0 Å². The van der Waals surface area contributed by atoms with Crippen molar-refractivity contribution in [2.24, 2.45) is 0 Å². The molecule has 1 saturated carbocycles. The van der Waals surface area contributed by atoms with Crippen LogP contribution in [0.4, 0.5) is 5.69 Å². The van der Waals surface area contributed by atoms with Gasteiger partial charge in [-0.05, 0) is 43.5 Å². The Morgan fingerprint density at radius 1 is 1.18 bits per heavy atom. The molecule has 0 saturated heterocycles. The smallest absolute Gasteiger partial charge is 0.242 e. The van der Waals surface area contributed by atoms with Crippen LogP contribution in [0, 0.1) is 0 Å². The predicted molar refractivity (Wildman–Crippen MR) is 68.6 cm³/mol. The summed E-state index contributed by atoms with van der Waals surface area (Å²) in [4.78, 5) is 0.335. The van der Waals surface area contributed by atoms with E-state index in [0.717, 1.165) is 5.69 Å². The van der Waals surface area contributed by atoms with Crippen LogP contribution in [0.25, 0.3) is 0 Å². The van der Waals surface area contributed by atoms with Crippen molar-refractivity contribution < 1.29 is 8.42 Å². The number of rotatable bonds is 4. The highest BCUT2D eigenvalue weighted by Gasteiger charge is 2.18. The molecular weight excluding hydrogens is 236 g/mol. The highest BCUT2D eigenvalue weighted by molar-refractivity contribution is 7.89. The Hall–Kier alpha value is -1.07. The summed E-state index contributed by atoms with van der Waals surface area (Å²) in [5.74, 6) is 0. The minimum atomic E-state index is -3.31. The Morgan fingerprint density at radius 2 is 1.76 bits per heavy atom. The van der Waals surface area contributed by atoms with Gasteiger partial charge in [0.05, 0.1) is 4.90 Å². The van der Waals surface area contributed by atoms with Gasteiger partial charge >= 0.3 is 0 Å². The fourth-order valence-corrected chi connectivity index (χ4v) is 2.62. The molecule has 0 heterocycles. The molecule has 0 radical (unpaired) electrons. The van der Waals surface area contributed by atoms with Gasteiger partial charge in [0.1, 0.15) is 0 Å². The molecule has 0 aliphatic heterocycles. The largest absolute Gasteiger partial charge is 0.382 e. The van der Waals surface area contributed by atoms with Crippen molar-refractivity contribution in [1.29, 1.82) is 0 Å². The van der Waals surface area contributed by atoms with E-state index in [4.69, 9.17) is 0 Å². The molecule has 0 atom stereocenters. The molecule has 1 fully saturated rings. The van der Waals surface area contributed by atoms with Crippen LogP contribution >= 0.6 is 0 Å². The van der Waals surface area contributed by atoms with Gasteiger partial charge in [-0.2, -0.15) is 0 Å². The molecule has 0 spiro atoms. The lowest BCUT2D eigenvalue weighted by Gasteiger charge is -2.27. The van der Waals surface area contributed by atoms with E-state index in [1.807, 2.05) is 12.1 Å². The number of nitrogens with one attached hydrogen (secondary N) is 1. The molecule has 1 aromatic rings. The van der Waals surface area contributed by atoms with Crippen LogP contribution in [0.3, 0.4) is 0 Å². The summed E-state index contributed by atoms with van der Waals surface area (Å²) in [7, 11) is -0.233. The molecule has 2 rings (SSSR count). The van der Waals surface area contributed by atoms with Crippen molar-refractivity contribution >= 4 is 15.7 Å². The molecule has 1 N–H and O–H groups in total. The van der Waals surface area contributed by atoms with Crippen LogP contribution in [0.2, 0.25) is 0 Å². The topological polar surface area (TPSA) is 49.4 Å². The normalized spacial score (nSPS) is 16.9. The average molecular weight is 254 g/mol. The summed E-state index contributed by atoms with van der Waals surface area (Å²) in [6.45, 7) is 0. The second-order valence-electron chi connectivity index (χ2n) is 4.58. The lowest BCUT2D eigenvalue weighted by atomic mass is 9.93. The van der Waals surface area contributed by atoms with E-state index in [1.165, 1.54) is 37.7 Å². The fourth-order valence-electron chi connectivity index (χ4n) is 1.72. The summed E-state index contributed by atoms with van der Waals surface area (Å²) in [6, 6.07) is 7.52. The lowest BCUT2D eigenvalue weighted by molar-refractivity contribution is 0.445. The zero-order chi connectivity index (χ0) is 12.5. The van der Waals surface area contributed by atoms with Gasteiger partial charge in [-0.3, -0.25) is 0 Å². The molecule has 17 heavy (non-hydrogen) atoms. The summed E-state index contributed by atoms with van der Waals surface area (Å²) in [5.41, 5.74) is 0.993. The maximum absolute atomic E-state index is 11.8. The van der Waals surface area contributed by atoms with E-state index in [9.17, 15) is 8.42 Å². The average Bonchev–Trinajstić information content (AvgIpc) is 2.24. The minimum Gasteiger partial charge on any atom is -0.382 e. The van der Waals surface area contributed by atoms with Crippen LogP contribution < -0.4 is 5.32 Å². The SMILES string of the molecule is CN(C)S(=O)(=O)c1ccc(NC2CCC2)cc1. The quantitative estimate of drug-likeness (QED) is 0.893. The molecular formula is C12H18N2O2S.